The summed E-state index contributed by atoms with van der Waals surface area (Å²) in [6, 6.07) is 6.24. The maximum atomic E-state index is 12.0. The van der Waals surface area contributed by atoms with Gasteiger partial charge in [-0.25, -0.2) is 9.78 Å². The smallest absolute Gasteiger partial charge is 0.338 e. The summed E-state index contributed by atoms with van der Waals surface area (Å²) in [5, 5.41) is 12.2. The van der Waals surface area contributed by atoms with Crippen LogP contribution in [0.4, 0.5) is 5.00 Å². The molecule has 0 aliphatic rings. The molecule has 0 spiro atoms. The molecule has 0 aliphatic carbocycles. The number of pyridine rings is 1. The lowest BCUT2D eigenvalue weighted by Gasteiger charge is -2.03. The molecule has 0 aliphatic heterocycles. The van der Waals surface area contributed by atoms with Crippen LogP contribution in [0.5, 0.6) is 0 Å². The van der Waals surface area contributed by atoms with Gasteiger partial charge in [-0.15, -0.1) is 11.3 Å². The number of thiophene rings is 1. The second-order valence-corrected chi connectivity index (χ2v) is 5.44. The maximum Gasteiger partial charge on any atom is 0.338 e. The topological polar surface area (TPSA) is 79.3 Å². The largest absolute Gasteiger partial charge is 0.478 e. The minimum Gasteiger partial charge on any atom is -0.478 e. The van der Waals surface area contributed by atoms with Gasteiger partial charge in [-0.05, 0) is 24.6 Å². The van der Waals surface area contributed by atoms with Crippen LogP contribution < -0.4 is 5.32 Å². The van der Waals surface area contributed by atoms with Crippen LogP contribution in [0.1, 0.15) is 32.6 Å². The highest BCUT2D eigenvalue weighted by atomic mass is 35.5. The molecule has 0 atom stereocenters. The Hall–Kier alpha value is -1.92. The highest BCUT2D eigenvalue weighted by molar-refractivity contribution is 7.16. The number of hydrogen-bond donors (Lipinski definition) is 2. The molecule has 2 heterocycles. The van der Waals surface area contributed by atoms with Gasteiger partial charge in [0.25, 0.3) is 5.91 Å². The second kappa shape index (κ2) is 6.02. The third-order valence-electron chi connectivity index (χ3n) is 2.54. The van der Waals surface area contributed by atoms with Crippen molar-refractivity contribution in [2.45, 2.75) is 13.3 Å². The number of nitrogens with one attached hydrogen (secondary N) is 1. The predicted molar refractivity (Wildman–Crippen MR) is 77.9 cm³/mol. The van der Waals surface area contributed by atoms with Crippen LogP contribution in [-0.2, 0) is 6.42 Å². The zero-order valence-electron chi connectivity index (χ0n) is 10.5. The van der Waals surface area contributed by atoms with E-state index in [9.17, 15) is 9.59 Å². The molecule has 0 radical (unpaired) electrons. The Labute approximate surface area is 124 Å². The fraction of sp³-hybridized carbons (Fsp3) is 0.154. The number of carboxylic acid groups (broad SMARTS) is 1. The Balaban J connectivity index is 2.27. The van der Waals surface area contributed by atoms with Crippen LogP contribution >= 0.6 is 22.9 Å². The quantitative estimate of drug-likeness (QED) is 0.849. The van der Waals surface area contributed by atoms with Crippen LogP contribution in [0, 0.1) is 0 Å². The Morgan fingerprint density at radius 2 is 2.20 bits per heavy atom. The summed E-state index contributed by atoms with van der Waals surface area (Å²) in [6.45, 7) is 1.92. The van der Waals surface area contributed by atoms with E-state index in [1.54, 1.807) is 18.2 Å². The number of nitrogens with zero attached hydrogens (tertiary/aromatic N) is 1. The van der Waals surface area contributed by atoms with Crippen LogP contribution in [0.15, 0.2) is 24.3 Å². The van der Waals surface area contributed by atoms with Crippen LogP contribution in [-0.4, -0.2) is 22.0 Å². The second-order valence-electron chi connectivity index (χ2n) is 3.91. The first-order chi connectivity index (χ1) is 9.51. The van der Waals surface area contributed by atoms with Gasteiger partial charge in [-0.2, -0.15) is 0 Å². The molecule has 0 saturated heterocycles. The van der Waals surface area contributed by atoms with Crippen molar-refractivity contribution in [3.63, 3.8) is 0 Å². The average Bonchev–Trinajstić information content (AvgIpc) is 2.82. The lowest BCUT2D eigenvalue weighted by Crippen LogP contribution is -2.14. The zero-order chi connectivity index (χ0) is 14.7. The number of carboxylic acids is 1. The van der Waals surface area contributed by atoms with Crippen molar-refractivity contribution in [2.24, 2.45) is 0 Å². The molecule has 0 fully saturated rings. The molecule has 2 N–H and O–H groups in total. The number of amides is 1. The number of aryl methyl sites for hydroxylation is 1. The molecular weight excluding hydrogens is 300 g/mol. The molecule has 0 saturated carbocycles. The number of hydrogen-bond acceptors (Lipinski definition) is 4. The van der Waals surface area contributed by atoms with E-state index in [1.165, 1.54) is 17.4 Å². The Bertz CT molecular complexity index is 669. The lowest BCUT2D eigenvalue weighted by atomic mass is 10.2. The SMILES string of the molecule is CCc1cc(C(=O)O)c(NC(=O)c2cccc(Cl)n2)s1. The molecule has 0 bridgehead atoms. The van der Waals surface area contributed by atoms with Crippen molar-refractivity contribution in [3.05, 3.63) is 45.6 Å². The first kappa shape index (κ1) is 14.5. The summed E-state index contributed by atoms with van der Waals surface area (Å²) in [4.78, 5) is 27.9. The third-order valence-corrected chi connectivity index (χ3v) is 3.94. The van der Waals surface area contributed by atoms with Gasteiger partial charge in [0, 0.05) is 4.88 Å². The van der Waals surface area contributed by atoms with Crippen molar-refractivity contribution in [1.82, 2.24) is 4.98 Å². The normalized spacial score (nSPS) is 10.3. The minimum absolute atomic E-state index is 0.0854. The molecule has 5 nitrogen and oxygen atoms in total. The molecule has 0 aromatic carbocycles. The van der Waals surface area contributed by atoms with Gasteiger partial charge < -0.3 is 10.4 Å². The number of halogens is 1. The Morgan fingerprint density at radius 1 is 1.45 bits per heavy atom. The summed E-state index contributed by atoms with van der Waals surface area (Å²) < 4.78 is 0. The van der Waals surface area contributed by atoms with Crippen molar-refractivity contribution in [1.29, 1.82) is 0 Å². The first-order valence-corrected chi connectivity index (χ1v) is 7.00. The standard InChI is InChI=1S/C13H11ClN2O3S/c1-2-7-6-8(13(18)19)12(20-7)16-11(17)9-4-3-5-10(14)15-9/h3-6H,2H2,1H3,(H,16,17)(H,18,19). The lowest BCUT2D eigenvalue weighted by molar-refractivity contribution is 0.0698. The van der Waals surface area contributed by atoms with E-state index in [-0.39, 0.29) is 16.4 Å². The summed E-state index contributed by atoms with van der Waals surface area (Å²) in [6.07, 6.45) is 0.705. The highest BCUT2D eigenvalue weighted by Crippen LogP contribution is 2.29. The van der Waals surface area contributed by atoms with Gasteiger partial charge in [0.2, 0.25) is 0 Å². The molecule has 2 aromatic heterocycles. The van der Waals surface area contributed by atoms with Crippen LogP contribution in [0.2, 0.25) is 5.15 Å². The summed E-state index contributed by atoms with van der Waals surface area (Å²) >= 11 is 6.96. The number of anilines is 1. The van der Waals surface area contributed by atoms with Gasteiger partial charge in [0.1, 0.15) is 15.8 Å². The molecule has 2 aromatic rings. The van der Waals surface area contributed by atoms with E-state index in [0.717, 1.165) is 4.88 Å². The van der Waals surface area contributed by atoms with E-state index < -0.39 is 11.9 Å². The monoisotopic (exact) mass is 310 g/mol. The van der Waals surface area contributed by atoms with Crippen LogP contribution in [0.3, 0.4) is 0 Å². The molecular formula is C13H11ClN2O3S. The fourth-order valence-electron chi connectivity index (χ4n) is 1.57. The van der Waals surface area contributed by atoms with Gasteiger partial charge in [-0.3, -0.25) is 4.79 Å². The van der Waals surface area contributed by atoms with Crippen LogP contribution in [0.25, 0.3) is 0 Å². The van der Waals surface area contributed by atoms with E-state index in [4.69, 9.17) is 16.7 Å². The predicted octanol–water partition coefficient (Wildman–Crippen LogP) is 3.31. The van der Waals surface area contributed by atoms with E-state index in [0.29, 0.717) is 11.4 Å². The van der Waals surface area contributed by atoms with Crippen molar-refractivity contribution in [3.8, 4) is 0 Å². The first-order valence-electron chi connectivity index (χ1n) is 5.81. The van der Waals surface area contributed by atoms with E-state index in [1.807, 2.05) is 6.92 Å². The number of aromatic nitrogens is 1. The van der Waals surface area contributed by atoms with Crippen molar-refractivity contribution >= 4 is 39.8 Å². The van der Waals surface area contributed by atoms with Gasteiger partial charge in [-0.1, -0.05) is 24.6 Å². The van der Waals surface area contributed by atoms with Gasteiger partial charge in [0.05, 0.1) is 5.56 Å². The highest BCUT2D eigenvalue weighted by Gasteiger charge is 2.18. The number of carbonyl (C=O) groups excluding carboxylic acids is 1. The van der Waals surface area contributed by atoms with Crippen molar-refractivity contribution < 1.29 is 14.7 Å². The number of carbonyl (C=O) groups is 2. The molecule has 2 rings (SSSR count). The summed E-state index contributed by atoms with van der Waals surface area (Å²) in [7, 11) is 0. The minimum atomic E-state index is -1.07. The van der Waals surface area contributed by atoms with E-state index >= 15 is 0 Å². The maximum absolute atomic E-state index is 12.0. The molecule has 1 amide bonds. The van der Waals surface area contributed by atoms with Gasteiger partial charge in [0.15, 0.2) is 0 Å². The zero-order valence-corrected chi connectivity index (χ0v) is 12.1. The van der Waals surface area contributed by atoms with Gasteiger partial charge >= 0.3 is 5.97 Å². The molecule has 7 heteroatoms. The van der Waals surface area contributed by atoms with Crippen molar-refractivity contribution in [2.75, 3.05) is 5.32 Å². The molecule has 20 heavy (non-hydrogen) atoms. The Kier molecular flexibility index (Phi) is 4.36. The number of aromatic carboxylic acids is 1. The number of rotatable bonds is 4. The fourth-order valence-corrected chi connectivity index (χ4v) is 2.72. The summed E-state index contributed by atoms with van der Waals surface area (Å²) in [5.41, 5.74) is 0.225. The Morgan fingerprint density at radius 3 is 2.80 bits per heavy atom. The molecule has 0 unspecified atom stereocenters. The van der Waals surface area contributed by atoms with E-state index in [2.05, 4.69) is 10.3 Å². The third kappa shape index (κ3) is 3.15. The average molecular weight is 311 g/mol. The molecule has 104 valence electrons. The summed E-state index contributed by atoms with van der Waals surface area (Å²) in [5.74, 6) is -1.56.